The predicted octanol–water partition coefficient (Wildman–Crippen LogP) is -0.371. The van der Waals surface area contributed by atoms with Gasteiger partial charge in [-0.05, 0) is 6.92 Å². The van der Waals surface area contributed by atoms with Gasteiger partial charge >= 0.3 is 0 Å². The lowest BCUT2D eigenvalue weighted by molar-refractivity contribution is -0.133. The Hall–Kier alpha value is -0.760. The van der Waals surface area contributed by atoms with Crippen LogP contribution in [0.3, 0.4) is 0 Å². The van der Waals surface area contributed by atoms with Crippen LogP contribution in [0.25, 0.3) is 0 Å². The number of sulfone groups is 1. The fraction of sp³-hybridized carbons (Fsp3) is 0.900. The van der Waals surface area contributed by atoms with Crippen molar-refractivity contribution in [3.8, 4) is 0 Å². The summed E-state index contributed by atoms with van der Waals surface area (Å²) in [4.78, 5) is 13.3. The molecule has 2 aliphatic rings. The molecule has 0 bridgehead atoms. The molecule has 5 nitrogen and oxygen atoms in total. The van der Waals surface area contributed by atoms with E-state index in [0.29, 0.717) is 0 Å². The largest absolute Gasteiger partial charge is 0.339 e. The van der Waals surface area contributed by atoms with E-state index in [1.807, 2.05) is 0 Å². The third kappa shape index (κ3) is 2.64. The van der Waals surface area contributed by atoms with Crippen molar-refractivity contribution < 1.29 is 22.0 Å². The first-order valence-corrected chi connectivity index (χ1v) is 7.54. The minimum absolute atomic E-state index is 0.0882. The van der Waals surface area contributed by atoms with E-state index in [4.69, 9.17) is 0 Å². The molecule has 2 saturated heterocycles. The molecule has 18 heavy (non-hydrogen) atoms. The van der Waals surface area contributed by atoms with Crippen LogP contribution >= 0.6 is 0 Å². The topological polar surface area (TPSA) is 66.5 Å². The van der Waals surface area contributed by atoms with Crippen molar-refractivity contribution in [2.45, 2.75) is 30.6 Å². The maximum atomic E-state index is 13.0. The standard InChI is InChI=1S/C10H16F2N2O3S/c1-7-5-14(2-3-18(7,16)17)9(15)8-4-10(11,12)6-13-8/h7-8,13H,2-6H2,1H3. The van der Waals surface area contributed by atoms with Crippen LogP contribution in [0.15, 0.2) is 0 Å². The Morgan fingerprint density at radius 2 is 2.11 bits per heavy atom. The molecular weight excluding hydrogens is 266 g/mol. The SMILES string of the molecule is CC1CN(C(=O)C2CC(F)(F)CN2)CCS1(=O)=O. The zero-order valence-corrected chi connectivity index (χ0v) is 10.8. The molecule has 2 atom stereocenters. The average molecular weight is 282 g/mol. The first kappa shape index (κ1) is 13.7. The third-order valence-corrected chi connectivity index (χ3v) is 5.58. The number of hydrogen-bond acceptors (Lipinski definition) is 4. The summed E-state index contributed by atoms with van der Waals surface area (Å²) in [5.41, 5.74) is 0. The number of carbonyl (C=O) groups excluding carboxylic acids is 1. The number of hydrogen-bond donors (Lipinski definition) is 1. The lowest BCUT2D eigenvalue weighted by atomic mass is 10.1. The molecule has 0 spiro atoms. The Kier molecular flexibility index (Phi) is 3.35. The molecule has 1 amide bonds. The second-order valence-corrected chi connectivity index (χ2v) is 7.49. The Labute approximate surface area is 104 Å². The van der Waals surface area contributed by atoms with Crippen LogP contribution in [0.5, 0.6) is 0 Å². The molecule has 0 aliphatic carbocycles. The van der Waals surface area contributed by atoms with Crippen molar-refractivity contribution in [1.82, 2.24) is 10.2 Å². The van der Waals surface area contributed by atoms with Gasteiger partial charge in [0.05, 0.1) is 23.6 Å². The molecule has 0 radical (unpaired) electrons. The van der Waals surface area contributed by atoms with Gasteiger partial charge in [0.15, 0.2) is 9.84 Å². The second kappa shape index (κ2) is 4.41. The minimum atomic E-state index is -3.14. The van der Waals surface area contributed by atoms with Crippen molar-refractivity contribution in [2.75, 3.05) is 25.4 Å². The fourth-order valence-electron chi connectivity index (χ4n) is 2.26. The molecule has 8 heteroatoms. The zero-order valence-electron chi connectivity index (χ0n) is 10.0. The highest BCUT2D eigenvalue weighted by atomic mass is 32.2. The van der Waals surface area contributed by atoms with Gasteiger partial charge in [0.25, 0.3) is 5.92 Å². The predicted molar refractivity (Wildman–Crippen MR) is 61.2 cm³/mol. The second-order valence-electron chi connectivity index (χ2n) is 4.96. The highest BCUT2D eigenvalue weighted by Gasteiger charge is 2.44. The third-order valence-electron chi connectivity index (χ3n) is 3.46. The highest BCUT2D eigenvalue weighted by molar-refractivity contribution is 7.92. The van der Waals surface area contributed by atoms with Gasteiger partial charge in [-0.25, -0.2) is 17.2 Å². The molecule has 1 N–H and O–H groups in total. The maximum absolute atomic E-state index is 13.0. The van der Waals surface area contributed by atoms with Crippen molar-refractivity contribution in [1.29, 1.82) is 0 Å². The number of rotatable bonds is 1. The van der Waals surface area contributed by atoms with Crippen LogP contribution in [0.2, 0.25) is 0 Å². The fourth-order valence-corrected chi connectivity index (χ4v) is 3.55. The number of alkyl halides is 2. The van der Waals surface area contributed by atoms with E-state index >= 15 is 0 Å². The molecule has 0 saturated carbocycles. The van der Waals surface area contributed by atoms with Gasteiger partial charge in [0.1, 0.15) is 0 Å². The Balaban J connectivity index is 2.00. The van der Waals surface area contributed by atoms with E-state index in [-0.39, 0.29) is 18.8 Å². The Morgan fingerprint density at radius 1 is 1.44 bits per heavy atom. The van der Waals surface area contributed by atoms with E-state index in [0.717, 1.165) is 0 Å². The normalized spacial score (nSPS) is 34.5. The quantitative estimate of drug-likeness (QED) is 0.712. The van der Waals surface area contributed by atoms with E-state index in [2.05, 4.69) is 5.32 Å². The van der Waals surface area contributed by atoms with Crippen LogP contribution in [0.4, 0.5) is 8.78 Å². The van der Waals surface area contributed by atoms with E-state index in [1.165, 1.54) is 11.8 Å². The summed E-state index contributed by atoms with van der Waals surface area (Å²) in [6.45, 7) is 1.22. The molecule has 2 aliphatic heterocycles. The smallest absolute Gasteiger partial charge is 0.262 e. The van der Waals surface area contributed by atoms with Crippen molar-refractivity contribution >= 4 is 15.7 Å². The van der Waals surface area contributed by atoms with Crippen LogP contribution in [0, 0.1) is 0 Å². The van der Waals surface area contributed by atoms with Gasteiger partial charge in [-0.15, -0.1) is 0 Å². The highest BCUT2D eigenvalue weighted by Crippen LogP contribution is 2.26. The number of amides is 1. The summed E-state index contributed by atoms with van der Waals surface area (Å²) in [6, 6.07) is -0.895. The lowest BCUT2D eigenvalue weighted by Crippen LogP contribution is -2.52. The summed E-state index contributed by atoms with van der Waals surface area (Å²) in [5.74, 6) is -3.37. The lowest BCUT2D eigenvalue weighted by Gasteiger charge is -2.32. The molecule has 2 rings (SSSR count). The average Bonchev–Trinajstić information content (AvgIpc) is 2.62. The number of halogens is 2. The Bertz CT molecular complexity index is 452. The first-order chi connectivity index (χ1) is 8.21. The molecule has 0 aromatic rings. The number of carbonyl (C=O) groups is 1. The van der Waals surface area contributed by atoms with Gasteiger partial charge in [0, 0.05) is 19.5 Å². The summed E-state index contributed by atoms with van der Waals surface area (Å²) in [7, 11) is -3.14. The molecule has 0 aromatic carbocycles. The van der Waals surface area contributed by atoms with Gasteiger partial charge in [-0.1, -0.05) is 0 Å². The molecule has 2 unspecified atom stereocenters. The van der Waals surface area contributed by atoms with Gasteiger partial charge in [-0.2, -0.15) is 0 Å². The summed E-state index contributed by atoms with van der Waals surface area (Å²) in [6.07, 6.45) is -0.510. The minimum Gasteiger partial charge on any atom is -0.339 e. The zero-order chi connectivity index (χ0) is 13.6. The van der Waals surface area contributed by atoms with E-state index < -0.39 is 45.9 Å². The molecule has 0 aromatic heterocycles. The summed E-state index contributed by atoms with van der Waals surface area (Å²) in [5, 5.41) is 1.86. The van der Waals surface area contributed by atoms with E-state index in [1.54, 1.807) is 0 Å². The molecule has 104 valence electrons. The molecule has 2 heterocycles. The van der Waals surface area contributed by atoms with Crippen LogP contribution in [0.1, 0.15) is 13.3 Å². The van der Waals surface area contributed by atoms with Gasteiger partial charge in [-0.3, -0.25) is 10.1 Å². The first-order valence-electron chi connectivity index (χ1n) is 5.83. The summed E-state index contributed by atoms with van der Waals surface area (Å²) >= 11 is 0. The monoisotopic (exact) mass is 282 g/mol. The van der Waals surface area contributed by atoms with Gasteiger partial charge < -0.3 is 4.90 Å². The van der Waals surface area contributed by atoms with Crippen LogP contribution in [-0.2, 0) is 14.6 Å². The van der Waals surface area contributed by atoms with Crippen molar-refractivity contribution in [3.05, 3.63) is 0 Å². The number of nitrogens with zero attached hydrogens (tertiary/aromatic N) is 1. The van der Waals surface area contributed by atoms with Crippen LogP contribution in [-0.4, -0.2) is 61.8 Å². The summed E-state index contributed by atoms with van der Waals surface area (Å²) < 4.78 is 49.0. The number of nitrogens with one attached hydrogen (secondary N) is 1. The van der Waals surface area contributed by atoms with Crippen LogP contribution < -0.4 is 5.32 Å². The maximum Gasteiger partial charge on any atom is 0.262 e. The van der Waals surface area contributed by atoms with E-state index in [9.17, 15) is 22.0 Å². The van der Waals surface area contributed by atoms with Crippen molar-refractivity contribution in [2.24, 2.45) is 0 Å². The molecule has 2 fully saturated rings. The van der Waals surface area contributed by atoms with Crippen molar-refractivity contribution in [3.63, 3.8) is 0 Å². The molecular formula is C10H16F2N2O3S. The van der Waals surface area contributed by atoms with Gasteiger partial charge in [0.2, 0.25) is 5.91 Å². The Morgan fingerprint density at radius 3 is 2.61 bits per heavy atom.